The molecule has 0 aliphatic heterocycles. The fourth-order valence-corrected chi connectivity index (χ4v) is 1.70. The summed E-state index contributed by atoms with van der Waals surface area (Å²) in [4.78, 5) is 12.1. The van der Waals surface area contributed by atoms with E-state index in [9.17, 15) is 4.79 Å². The van der Waals surface area contributed by atoms with Crippen molar-refractivity contribution in [2.24, 2.45) is 0 Å². The largest absolute Gasteiger partial charge is 0.392 e. The molecule has 0 fully saturated rings. The van der Waals surface area contributed by atoms with Gasteiger partial charge in [0.2, 0.25) is 0 Å². The Morgan fingerprint density at radius 1 is 0.889 bits per heavy atom. The molecule has 2 heteroatoms. The third-order valence-corrected chi connectivity index (χ3v) is 2.78. The highest BCUT2D eigenvalue weighted by molar-refractivity contribution is 6.09. The van der Waals surface area contributed by atoms with Gasteiger partial charge in [-0.15, -0.1) is 0 Å². The van der Waals surface area contributed by atoms with Gasteiger partial charge in [0.15, 0.2) is 5.78 Å². The minimum Gasteiger partial charge on any atom is -0.392 e. The third kappa shape index (κ3) is 2.55. The van der Waals surface area contributed by atoms with Crippen LogP contribution < -0.4 is 0 Å². The molecular weight excluding hydrogens is 224 g/mol. The van der Waals surface area contributed by atoms with Crippen LogP contribution in [0.2, 0.25) is 0 Å². The van der Waals surface area contributed by atoms with Crippen molar-refractivity contribution in [1.29, 1.82) is 0 Å². The Bertz CT molecular complexity index is 553. The summed E-state index contributed by atoms with van der Waals surface area (Å²) in [6.45, 7) is 3.66. The summed E-state index contributed by atoms with van der Waals surface area (Å²) in [6, 6.07) is 16.3. The van der Waals surface area contributed by atoms with Crippen molar-refractivity contribution in [2.75, 3.05) is 6.61 Å². The van der Waals surface area contributed by atoms with E-state index in [2.05, 4.69) is 6.58 Å². The van der Waals surface area contributed by atoms with Crippen LogP contribution in [-0.4, -0.2) is 17.5 Å². The Morgan fingerprint density at radius 3 is 1.94 bits per heavy atom. The molecule has 2 rings (SSSR count). The maximum atomic E-state index is 12.1. The SMILES string of the molecule is C=C(CO)c1ccc(C(=O)c2ccccc2)cc1. The van der Waals surface area contributed by atoms with Crippen LogP contribution in [-0.2, 0) is 0 Å². The smallest absolute Gasteiger partial charge is 0.193 e. The van der Waals surface area contributed by atoms with E-state index >= 15 is 0 Å². The number of aliphatic hydroxyl groups is 1. The topological polar surface area (TPSA) is 37.3 Å². The lowest BCUT2D eigenvalue weighted by Crippen LogP contribution is -2.01. The summed E-state index contributed by atoms with van der Waals surface area (Å²) in [7, 11) is 0. The third-order valence-electron chi connectivity index (χ3n) is 2.78. The molecule has 0 saturated carbocycles. The molecular formula is C16H14O2. The van der Waals surface area contributed by atoms with E-state index in [4.69, 9.17) is 5.11 Å². The maximum absolute atomic E-state index is 12.1. The van der Waals surface area contributed by atoms with Gasteiger partial charge in [-0.1, -0.05) is 61.2 Å². The van der Waals surface area contributed by atoms with Gasteiger partial charge in [0.25, 0.3) is 0 Å². The first kappa shape index (κ1) is 12.3. The molecule has 90 valence electrons. The van der Waals surface area contributed by atoms with Gasteiger partial charge < -0.3 is 5.11 Å². The van der Waals surface area contributed by atoms with Gasteiger partial charge in [0.1, 0.15) is 0 Å². The zero-order valence-corrected chi connectivity index (χ0v) is 9.97. The number of carbonyl (C=O) groups excluding carboxylic acids is 1. The maximum Gasteiger partial charge on any atom is 0.193 e. The van der Waals surface area contributed by atoms with Crippen LogP contribution in [0, 0.1) is 0 Å². The molecule has 2 nitrogen and oxygen atoms in total. The van der Waals surface area contributed by atoms with Crippen LogP contribution in [0.5, 0.6) is 0 Å². The van der Waals surface area contributed by atoms with Gasteiger partial charge >= 0.3 is 0 Å². The average Bonchev–Trinajstić information content (AvgIpc) is 2.47. The number of aliphatic hydroxyl groups excluding tert-OH is 1. The lowest BCUT2D eigenvalue weighted by Gasteiger charge is -2.04. The van der Waals surface area contributed by atoms with Crippen LogP contribution in [0.15, 0.2) is 61.2 Å². The first-order valence-corrected chi connectivity index (χ1v) is 5.71. The fourth-order valence-electron chi connectivity index (χ4n) is 1.70. The summed E-state index contributed by atoms with van der Waals surface area (Å²) in [5.41, 5.74) is 2.80. The number of rotatable bonds is 4. The molecule has 1 N–H and O–H groups in total. The second kappa shape index (κ2) is 5.43. The number of hydrogen-bond acceptors (Lipinski definition) is 2. The van der Waals surface area contributed by atoms with Crippen molar-refractivity contribution in [3.63, 3.8) is 0 Å². The molecule has 0 aliphatic rings. The first-order chi connectivity index (χ1) is 8.72. The minimum absolute atomic E-state index is 0.00300. The fraction of sp³-hybridized carbons (Fsp3) is 0.0625. The van der Waals surface area contributed by atoms with Gasteiger partial charge in [-0.3, -0.25) is 4.79 Å². The number of ketones is 1. The standard InChI is InChI=1S/C16H14O2/c1-12(11-17)13-7-9-15(10-8-13)16(18)14-5-3-2-4-6-14/h2-10,17H,1,11H2. The second-order valence-corrected chi connectivity index (χ2v) is 4.03. The highest BCUT2D eigenvalue weighted by Crippen LogP contribution is 2.15. The van der Waals surface area contributed by atoms with Crippen molar-refractivity contribution in [2.45, 2.75) is 0 Å². The van der Waals surface area contributed by atoms with Crippen LogP contribution in [0.4, 0.5) is 0 Å². The lowest BCUT2D eigenvalue weighted by molar-refractivity contribution is 0.103. The highest BCUT2D eigenvalue weighted by Gasteiger charge is 2.08. The van der Waals surface area contributed by atoms with Gasteiger partial charge in [0, 0.05) is 11.1 Å². The number of hydrogen-bond donors (Lipinski definition) is 1. The molecule has 0 saturated heterocycles. The van der Waals surface area contributed by atoms with Crippen molar-refractivity contribution in [1.82, 2.24) is 0 Å². The van der Waals surface area contributed by atoms with E-state index in [1.54, 1.807) is 36.4 Å². The van der Waals surface area contributed by atoms with E-state index in [0.29, 0.717) is 16.7 Å². The zero-order valence-electron chi connectivity index (χ0n) is 9.97. The summed E-state index contributed by atoms with van der Waals surface area (Å²) in [6.07, 6.45) is 0. The molecule has 0 unspecified atom stereocenters. The summed E-state index contributed by atoms with van der Waals surface area (Å²) < 4.78 is 0. The van der Waals surface area contributed by atoms with Crippen LogP contribution in [0.1, 0.15) is 21.5 Å². The molecule has 0 aromatic heterocycles. The summed E-state index contributed by atoms with van der Waals surface area (Å²) >= 11 is 0. The highest BCUT2D eigenvalue weighted by atomic mass is 16.3. The lowest BCUT2D eigenvalue weighted by atomic mass is 10.0. The van der Waals surface area contributed by atoms with Gasteiger partial charge in [-0.25, -0.2) is 0 Å². The van der Waals surface area contributed by atoms with Crippen molar-refractivity contribution >= 4 is 11.4 Å². The number of benzene rings is 2. The molecule has 0 spiro atoms. The van der Waals surface area contributed by atoms with Crippen LogP contribution in [0.3, 0.4) is 0 Å². The summed E-state index contributed by atoms with van der Waals surface area (Å²) in [5.74, 6) is -0.00300. The molecule has 0 radical (unpaired) electrons. The molecule has 0 amide bonds. The van der Waals surface area contributed by atoms with E-state index in [0.717, 1.165) is 5.56 Å². The van der Waals surface area contributed by atoms with Gasteiger partial charge in [-0.2, -0.15) is 0 Å². The van der Waals surface area contributed by atoms with E-state index in [1.807, 2.05) is 18.2 Å². The van der Waals surface area contributed by atoms with E-state index in [1.165, 1.54) is 0 Å². The molecule has 18 heavy (non-hydrogen) atoms. The second-order valence-electron chi connectivity index (χ2n) is 4.03. The van der Waals surface area contributed by atoms with Crippen molar-refractivity contribution < 1.29 is 9.90 Å². The molecule has 0 aliphatic carbocycles. The van der Waals surface area contributed by atoms with Crippen molar-refractivity contribution in [3.8, 4) is 0 Å². The van der Waals surface area contributed by atoms with E-state index in [-0.39, 0.29) is 12.4 Å². The number of carbonyl (C=O) groups is 1. The predicted octanol–water partition coefficient (Wildman–Crippen LogP) is 2.92. The van der Waals surface area contributed by atoms with Crippen LogP contribution >= 0.6 is 0 Å². The Morgan fingerprint density at radius 2 is 1.39 bits per heavy atom. The Labute approximate surface area is 106 Å². The predicted molar refractivity (Wildman–Crippen MR) is 72.4 cm³/mol. The summed E-state index contributed by atoms with van der Waals surface area (Å²) in [5, 5.41) is 8.98. The van der Waals surface area contributed by atoms with Crippen molar-refractivity contribution in [3.05, 3.63) is 77.9 Å². The van der Waals surface area contributed by atoms with Crippen LogP contribution in [0.25, 0.3) is 5.57 Å². The quantitative estimate of drug-likeness (QED) is 0.831. The molecule has 2 aromatic carbocycles. The normalized spacial score (nSPS) is 10.1. The monoisotopic (exact) mass is 238 g/mol. The average molecular weight is 238 g/mol. The van der Waals surface area contributed by atoms with Gasteiger partial charge in [-0.05, 0) is 11.1 Å². The first-order valence-electron chi connectivity index (χ1n) is 5.71. The van der Waals surface area contributed by atoms with Gasteiger partial charge in [0.05, 0.1) is 6.61 Å². The molecule has 0 bridgehead atoms. The zero-order chi connectivity index (χ0) is 13.0. The minimum atomic E-state index is -0.0774. The molecule has 2 aromatic rings. The van der Waals surface area contributed by atoms with E-state index < -0.39 is 0 Å². The molecule has 0 heterocycles. The Balaban J connectivity index is 2.25. The Hall–Kier alpha value is -2.19. The Kier molecular flexibility index (Phi) is 3.70. The molecule has 0 atom stereocenters.